The van der Waals surface area contributed by atoms with Crippen LogP contribution in [-0.2, 0) is 4.79 Å². The molecular weight excluding hydrogens is 316 g/mol. The Bertz CT molecular complexity index is 549. The number of rotatable bonds is 8. The summed E-state index contributed by atoms with van der Waals surface area (Å²) >= 11 is 0. The summed E-state index contributed by atoms with van der Waals surface area (Å²) in [6.45, 7) is 9.40. The summed E-state index contributed by atoms with van der Waals surface area (Å²) in [6, 6.07) is 7.07. The molecule has 1 unspecified atom stereocenters. The maximum atomic E-state index is 12.2. The molecule has 1 heterocycles. The number of carbonyl (C=O) groups excluding carboxylic acids is 2. The van der Waals surface area contributed by atoms with Crippen molar-refractivity contribution in [2.45, 2.75) is 26.7 Å². The minimum Gasteiger partial charge on any atom is -0.351 e. The molecule has 0 saturated carbocycles. The van der Waals surface area contributed by atoms with Crippen LogP contribution in [0.5, 0.6) is 0 Å². The zero-order chi connectivity index (χ0) is 18.1. The van der Waals surface area contributed by atoms with Crippen LogP contribution in [0.1, 0.15) is 37.0 Å². The SMILES string of the molecule is CCN(CC)CCNC(=O)c1ccc(NC(=O)C2CCCNC2)cc1. The van der Waals surface area contributed by atoms with Gasteiger partial charge in [-0.25, -0.2) is 0 Å². The maximum Gasteiger partial charge on any atom is 0.251 e. The van der Waals surface area contributed by atoms with E-state index in [9.17, 15) is 9.59 Å². The molecule has 1 aliphatic heterocycles. The highest BCUT2D eigenvalue weighted by molar-refractivity contribution is 5.96. The molecule has 1 atom stereocenters. The van der Waals surface area contributed by atoms with Crippen molar-refractivity contribution in [2.24, 2.45) is 5.92 Å². The maximum absolute atomic E-state index is 12.2. The van der Waals surface area contributed by atoms with E-state index in [1.165, 1.54) is 0 Å². The normalized spacial score (nSPS) is 17.3. The molecule has 1 fully saturated rings. The van der Waals surface area contributed by atoms with Crippen LogP contribution in [0.4, 0.5) is 5.69 Å². The molecule has 6 heteroatoms. The fourth-order valence-corrected chi connectivity index (χ4v) is 2.99. The average molecular weight is 346 g/mol. The van der Waals surface area contributed by atoms with Crippen LogP contribution in [0.15, 0.2) is 24.3 Å². The summed E-state index contributed by atoms with van der Waals surface area (Å²) in [5, 5.41) is 9.11. The van der Waals surface area contributed by atoms with E-state index < -0.39 is 0 Å². The molecule has 1 aromatic carbocycles. The Morgan fingerprint density at radius 3 is 2.52 bits per heavy atom. The number of hydrogen-bond acceptors (Lipinski definition) is 4. The molecule has 0 aliphatic carbocycles. The van der Waals surface area contributed by atoms with E-state index in [-0.39, 0.29) is 17.7 Å². The highest BCUT2D eigenvalue weighted by atomic mass is 16.2. The predicted molar refractivity (Wildman–Crippen MR) is 101 cm³/mol. The molecule has 0 aromatic heterocycles. The number of nitrogens with zero attached hydrogens (tertiary/aromatic N) is 1. The molecule has 0 bridgehead atoms. The standard InChI is InChI=1S/C19H30N4O2/c1-3-23(4-2)13-12-21-18(24)15-7-9-17(10-8-15)22-19(25)16-6-5-11-20-14-16/h7-10,16,20H,3-6,11-14H2,1-2H3,(H,21,24)(H,22,25). The van der Waals surface area contributed by atoms with Gasteiger partial charge in [-0.05, 0) is 56.7 Å². The molecule has 0 radical (unpaired) electrons. The molecule has 2 amide bonds. The third kappa shape index (κ3) is 6.14. The van der Waals surface area contributed by atoms with Crippen molar-refractivity contribution < 1.29 is 9.59 Å². The first kappa shape index (κ1) is 19.4. The largest absolute Gasteiger partial charge is 0.351 e. The Labute approximate surface area is 150 Å². The van der Waals surface area contributed by atoms with Gasteiger partial charge in [-0.3, -0.25) is 9.59 Å². The zero-order valence-corrected chi connectivity index (χ0v) is 15.3. The Balaban J connectivity index is 1.80. The van der Waals surface area contributed by atoms with Gasteiger partial charge in [-0.2, -0.15) is 0 Å². The average Bonchev–Trinajstić information content (AvgIpc) is 2.66. The van der Waals surface area contributed by atoms with Crippen LogP contribution >= 0.6 is 0 Å². The summed E-state index contributed by atoms with van der Waals surface area (Å²) in [5.74, 6) is -0.0121. The lowest BCUT2D eigenvalue weighted by Gasteiger charge is -2.21. The smallest absolute Gasteiger partial charge is 0.251 e. The zero-order valence-electron chi connectivity index (χ0n) is 15.3. The summed E-state index contributed by atoms with van der Waals surface area (Å²) in [7, 11) is 0. The third-order valence-corrected chi connectivity index (χ3v) is 4.69. The lowest BCUT2D eigenvalue weighted by atomic mass is 9.99. The van der Waals surface area contributed by atoms with Crippen LogP contribution in [0.2, 0.25) is 0 Å². The minimum absolute atomic E-state index is 0.0248. The number of nitrogens with one attached hydrogen (secondary N) is 3. The van der Waals surface area contributed by atoms with Gasteiger partial charge < -0.3 is 20.9 Å². The van der Waals surface area contributed by atoms with Gasteiger partial charge in [0.2, 0.25) is 5.91 Å². The first-order valence-electron chi connectivity index (χ1n) is 9.26. The number of carbonyl (C=O) groups is 2. The van der Waals surface area contributed by atoms with Crippen LogP contribution < -0.4 is 16.0 Å². The molecule has 3 N–H and O–H groups in total. The van der Waals surface area contributed by atoms with Gasteiger partial charge in [0, 0.05) is 30.9 Å². The second kappa shape index (κ2) is 10.2. The van der Waals surface area contributed by atoms with E-state index in [0.29, 0.717) is 12.1 Å². The van der Waals surface area contributed by atoms with E-state index in [0.717, 1.165) is 51.3 Å². The number of hydrogen-bond donors (Lipinski definition) is 3. The monoisotopic (exact) mass is 346 g/mol. The molecule has 2 rings (SSSR count). The summed E-state index contributed by atoms with van der Waals surface area (Å²) in [4.78, 5) is 26.6. The van der Waals surface area contributed by atoms with E-state index in [1.807, 2.05) is 0 Å². The first-order valence-corrected chi connectivity index (χ1v) is 9.26. The highest BCUT2D eigenvalue weighted by Crippen LogP contribution is 2.15. The van der Waals surface area contributed by atoms with Gasteiger partial charge in [-0.15, -0.1) is 0 Å². The second-order valence-corrected chi connectivity index (χ2v) is 6.39. The molecule has 1 saturated heterocycles. The van der Waals surface area contributed by atoms with Gasteiger partial charge in [0.05, 0.1) is 5.92 Å². The van der Waals surface area contributed by atoms with Gasteiger partial charge in [0.1, 0.15) is 0 Å². The Morgan fingerprint density at radius 1 is 1.20 bits per heavy atom. The van der Waals surface area contributed by atoms with Crippen LogP contribution in [0, 0.1) is 5.92 Å². The second-order valence-electron chi connectivity index (χ2n) is 6.39. The Kier molecular flexibility index (Phi) is 7.88. The lowest BCUT2D eigenvalue weighted by molar-refractivity contribution is -0.120. The van der Waals surface area contributed by atoms with Gasteiger partial charge in [-0.1, -0.05) is 13.8 Å². The number of piperidine rings is 1. The van der Waals surface area contributed by atoms with Gasteiger partial charge in [0.15, 0.2) is 0 Å². The van der Waals surface area contributed by atoms with Crippen molar-refractivity contribution in [2.75, 3.05) is 44.6 Å². The molecule has 138 valence electrons. The highest BCUT2D eigenvalue weighted by Gasteiger charge is 2.20. The Morgan fingerprint density at radius 2 is 1.92 bits per heavy atom. The van der Waals surface area contributed by atoms with E-state index in [4.69, 9.17) is 0 Å². The fraction of sp³-hybridized carbons (Fsp3) is 0.579. The molecule has 1 aromatic rings. The van der Waals surface area contributed by atoms with Crippen molar-refractivity contribution in [3.05, 3.63) is 29.8 Å². The summed E-state index contributed by atoms with van der Waals surface area (Å²) < 4.78 is 0. The number of likely N-dealkylation sites (N-methyl/N-ethyl adjacent to an activating group) is 1. The summed E-state index contributed by atoms with van der Waals surface area (Å²) in [6.07, 6.45) is 1.95. The van der Waals surface area contributed by atoms with Crippen molar-refractivity contribution in [1.82, 2.24) is 15.5 Å². The van der Waals surface area contributed by atoms with E-state index >= 15 is 0 Å². The van der Waals surface area contributed by atoms with Gasteiger partial charge in [0.25, 0.3) is 5.91 Å². The summed E-state index contributed by atoms with van der Waals surface area (Å²) in [5.41, 5.74) is 1.34. The van der Waals surface area contributed by atoms with Crippen LogP contribution in [-0.4, -0.2) is 56.0 Å². The molecular formula is C19H30N4O2. The fourth-order valence-electron chi connectivity index (χ4n) is 2.99. The van der Waals surface area contributed by atoms with Crippen molar-refractivity contribution in [1.29, 1.82) is 0 Å². The number of amides is 2. The quantitative estimate of drug-likeness (QED) is 0.670. The topological polar surface area (TPSA) is 73.5 Å². The number of anilines is 1. The molecule has 1 aliphatic rings. The van der Waals surface area contributed by atoms with Crippen LogP contribution in [0.25, 0.3) is 0 Å². The van der Waals surface area contributed by atoms with Crippen molar-refractivity contribution in [3.8, 4) is 0 Å². The minimum atomic E-state index is -0.0819. The predicted octanol–water partition coefficient (Wildman–Crippen LogP) is 1.70. The van der Waals surface area contributed by atoms with E-state index in [2.05, 4.69) is 34.7 Å². The molecule has 25 heavy (non-hydrogen) atoms. The lowest BCUT2D eigenvalue weighted by Crippen LogP contribution is -2.37. The van der Waals surface area contributed by atoms with Crippen molar-refractivity contribution in [3.63, 3.8) is 0 Å². The van der Waals surface area contributed by atoms with E-state index in [1.54, 1.807) is 24.3 Å². The third-order valence-electron chi connectivity index (χ3n) is 4.69. The van der Waals surface area contributed by atoms with Gasteiger partial charge >= 0.3 is 0 Å². The van der Waals surface area contributed by atoms with Crippen LogP contribution in [0.3, 0.4) is 0 Å². The molecule has 6 nitrogen and oxygen atoms in total. The van der Waals surface area contributed by atoms with Crippen molar-refractivity contribution >= 4 is 17.5 Å². The first-order chi connectivity index (χ1) is 12.1. The Hall–Kier alpha value is -1.92. The number of benzene rings is 1. The molecule has 0 spiro atoms.